The minimum Gasteiger partial charge on any atom is -0.478 e. The highest BCUT2D eigenvalue weighted by Gasteiger charge is 2.26. The lowest BCUT2D eigenvalue weighted by molar-refractivity contribution is 0.0696. The Morgan fingerprint density at radius 1 is 1.29 bits per heavy atom. The van der Waals surface area contributed by atoms with E-state index in [0.717, 1.165) is 23.6 Å². The molecule has 2 aromatic rings. The Balaban J connectivity index is 1.86. The van der Waals surface area contributed by atoms with Crippen LogP contribution in [0.2, 0.25) is 5.02 Å². The van der Waals surface area contributed by atoms with Gasteiger partial charge in [-0.25, -0.2) is 9.18 Å². The van der Waals surface area contributed by atoms with Gasteiger partial charge in [0, 0.05) is 0 Å². The van der Waals surface area contributed by atoms with Crippen molar-refractivity contribution in [2.45, 2.75) is 25.8 Å². The Labute approximate surface area is 143 Å². The summed E-state index contributed by atoms with van der Waals surface area (Å²) in [6.07, 6.45) is 1.44. The molecule has 0 aliphatic heterocycles. The fourth-order valence-electron chi connectivity index (χ4n) is 2.95. The van der Waals surface area contributed by atoms with Gasteiger partial charge >= 0.3 is 5.97 Å². The first-order chi connectivity index (χ1) is 11.4. The molecule has 0 fully saturated rings. The molecule has 6 heteroatoms. The third-order valence-corrected chi connectivity index (χ3v) is 4.58. The molecule has 1 atom stereocenters. The predicted molar refractivity (Wildman–Crippen MR) is 88.1 cm³/mol. The molecule has 0 aromatic heterocycles. The molecule has 0 spiro atoms. The van der Waals surface area contributed by atoms with Crippen LogP contribution in [0.25, 0.3) is 0 Å². The molecule has 2 N–H and O–H groups in total. The fourth-order valence-corrected chi connectivity index (χ4v) is 3.19. The van der Waals surface area contributed by atoms with Gasteiger partial charge in [-0.15, -0.1) is 0 Å². The van der Waals surface area contributed by atoms with Crippen molar-refractivity contribution >= 4 is 23.5 Å². The Hall–Kier alpha value is -2.40. The topological polar surface area (TPSA) is 66.4 Å². The quantitative estimate of drug-likeness (QED) is 0.884. The van der Waals surface area contributed by atoms with Crippen LogP contribution >= 0.6 is 11.6 Å². The average molecular weight is 348 g/mol. The molecule has 1 aliphatic rings. The summed E-state index contributed by atoms with van der Waals surface area (Å²) in [5.41, 5.74) is 2.55. The van der Waals surface area contributed by atoms with Crippen LogP contribution in [0, 0.1) is 12.7 Å². The second-order valence-corrected chi connectivity index (χ2v) is 6.27. The summed E-state index contributed by atoms with van der Waals surface area (Å²) in [7, 11) is 0. The normalized spacial score (nSPS) is 15.9. The van der Waals surface area contributed by atoms with Gasteiger partial charge in [0.1, 0.15) is 5.82 Å². The molecule has 1 amide bonds. The molecule has 1 unspecified atom stereocenters. The molecule has 0 saturated heterocycles. The molecule has 4 nitrogen and oxygen atoms in total. The standard InChI is InChI=1S/C18H15ClFNO3/c1-9-6-13(14(19)8-15(9)20)17(22)21-16-5-4-10-2-3-11(18(23)24)7-12(10)16/h2-3,6-8,16H,4-5H2,1H3,(H,21,22)(H,23,24). The zero-order valence-corrected chi connectivity index (χ0v) is 13.7. The van der Waals surface area contributed by atoms with Crippen molar-refractivity contribution in [3.63, 3.8) is 0 Å². The summed E-state index contributed by atoms with van der Waals surface area (Å²) >= 11 is 5.97. The molecular weight excluding hydrogens is 333 g/mol. The van der Waals surface area contributed by atoms with Crippen molar-refractivity contribution in [2.75, 3.05) is 0 Å². The number of halogens is 2. The van der Waals surface area contributed by atoms with Crippen LogP contribution in [0.4, 0.5) is 4.39 Å². The number of hydrogen-bond acceptors (Lipinski definition) is 2. The third-order valence-electron chi connectivity index (χ3n) is 4.27. The number of carboxylic acid groups (broad SMARTS) is 1. The molecule has 3 rings (SSSR count). The minimum absolute atomic E-state index is 0.0492. The van der Waals surface area contributed by atoms with Crippen LogP contribution < -0.4 is 5.32 Å². The van der Waals surface area contributed by atoms with E-state index in [1.165, 1.54) is 6.07 Å². The van der Waals surface area contributed by atoms with E-state index >= 15 is 0 Å². The number of benzene rings is 2. The van der Waals surface area contributed by atoms with E-state index in [-0.39, 0.29) is 22.2 Å². The Bertz CT molecular complexity index is 850. The third kappa shape index (κ3) is 2.99. The van der Waals surface area contributed by atoms with E-state index in [1.807, 2.05) is 0 Å². The number of rotatable bonds is 3. The SMILES string of the molecule is Cc1cc(C(=O)NC2CCc3ccc(C(=O)O)cc32)c(Cl)cc1F. The van der Waals surface area contributed by atoms with E-state index in [1.54, 1.807) is 25.1 Å². The number of carbonyl (C=O) groups is 2. The molecule has 0 saturated carbocycles. The molecular formula is C18H15ClFNO3. The van der Waals surface area contributed by atoms with Crippen LogP contribution in [0.3, 0.4) is 0 Å². The van der Waals surface area contributed by atoms with Gasteiger partial charge in [-0.1, -0.05) is 17.7 Å². The zero-order valence-electron chi connectivity index (χ0n) is 12.9. The van der Waals surface area contributed by atoms with Crippen molar-refractivity contribution < 1.29 is 19.1 Å². The predicted octanol–water partition coefficient (Wildman–Crippen LogP) is 3.90. The highest BCUT2D eigenvalue weighted by atomic mass is 35.5. The van der Waals surface area contributed by atoms with E-state index in [2.05, 4.69) is 5.32 Å². The largest absolute Gasteiger partial charge is 0.478 e. The summed E-state index contributed by atoms with van der Waals surface area (Å²) in [4.78, 5) is 23.6. The first-order valence-electron chi connectivity index (χ1n) is 7.49. The van der Waals surface area contributed by atoms with Crippen LogP contribution in [0.5, 0.6) is 0 Å². The van der Waals surface area contributed by atoms with Gasteiger partial charge < -0.3 is 10.4 Å². The molecule has 24 heavy (non-hydrogen) atoms. The minimum atomic E-state index is -1.01. The molecule has 0 bridgehead atoms. The smallest absolute Gasteiger partial charge is 0.335 e. The van der Waals surface area contributed by atoms with Crippen molar-refractivity contribution in [3.8, 4) is 0 Å². The highest BCUT2D eigenvalue weighted by Crippen LogP contribution is 2.32. The van der Waals surface area contributed by atoms with E-state index in [4.69, 9.17) is 16.7 Å². The number of amides is 1. The number of aromatic carboxylic acids is 1. The summed E-state index contributed by atoms with van der Waals surface area (Å²) in [6, 6.07) is 7.18. The van der Waals surface area contributed by atoms with E-state index in [0.29, 0.717) is 12.0 Å². The molecule has 2 aromatic carbocycles. The summed E-state index contributed by atoms with van der Waals surface area (Å²) < 4.78 is 13.5. The van der Waals surface area contributed by atoms with Crippen LogP contribution in [0.15, 0.2) is 30.3 Å². The van der Waals surface area contributed by atoms with Gasteiger partial charge in [0.25, 0.3) is 5.91 Å². The summed E-state index contributed by atoms with van der Waals surface area (Å²) in [6.45, 7) is 1.56. The lowest BCUT2D eigenvalue weighted by Crippen LogP contribution is -2.27. The van der Waals surface area contributed by atoms with Crippen molar-refractivity contribution in [3.05, 3.63) is 69.0 Å². The number of aryl methyl sites for hydroxylation is 2. The summed E-state index contributed by atoms with van der Waals surface area (Å²) in [5, 5.41) is 12.0. The van der Waals surface area contributed by atoms with Crippen LogP contribution in [0.1, 0.15) is 49.9 Å². The van der Waals surface area contributed by atoms with Crippen LogP contribution in [-0.2, 0) is 6.42 Å². The first kappa shape index (κ1) is 16.5. The molecule has 0 radical (unpaired) electrons. The Kier molecular flexibility index (Phi) is 4.28. The molecule has 124 valence electrons. The number of carboxylic acids is 1. The number of carbonyl (C=O) groups excluding carboxylic acids is 1. The first-order valence-corrected chi connectivity index (χ1v) is 7.87. The monoisotopic (exact) mass is 347 g/mol. The number of nitrogens with one attached hydrogen (secondary N) is 1. The van der Waals surface area contributed by atoms with Gasteiger partial charge in [-0.2, -0.15) is 0 Å². The van der Waals surface area contributed by atoms with E-state index < -0.39 is 17.7 Å². The second kappa shape index (κ2) is 6.24. The maximum atomic E-state index is 13.5. The fraction of sp³-hybridized carbons (Fsp3) is 0.222. The van der Waals surface area contributed by atoms with Gasteiger partial charge in [-0.3, -0.25) is 4.79 Å². The maximum absolute atomic E-state index is 13.5. The molecule has 1 aliphatic carbocycles. The van der Waals surface area contributed by atoms with Crippen molar-refractivity contribution in [2.24, 2.45) is 0 Å². The second-order valence-electron chi connectivity index (χ2n) is 5.86. The van der Waals surface area contributed by atoms with Crippen molar-refractivity contribution in [1.29, 1.82) is 0 Å². The zero-order chi connectivity index (χ0) is 17.4. The highest BCUT2D eigenvalue weighted by molar-refractivity contribution is 6.33. The lowest BCUT2D eigenvalue weighted by Gasteiger charge is -2.16. The Morgan fingerprint density at radius 2 is 2.04 bits per heavy atom. The van der Waals surface area contributed by atoms with Crippen molar-refractivity contribution in [1.82, 2.24) is 5.32 Å². The van der Waals surface area contributed by atoms with E-state index in [9.17, 15) is 14.0 Å². The van der Waals surface area contributed by atoms with Gasteiger partial charge in [0.05, 0.1) is 22.2 Å². The number of hydrogen-bond donors (Lipinski definition) is 2. The Morgan fingerprint density at radius 3 is 2.75 bits per heavy atom. The molecule has 0 heterocycles. The van der Waals surface area contributed by atoms with Gasteiger partial charge in [0.2, 0.25) is 0 Å². The lowest BCUT2D eigenvalue weighted by atomic mass is 10.0. The average Bonchev–Trinajstić information content (AvgIpc) is 2.93. The maximum Gasteiger partial charge on any atom is 0.335 e. The van der Waals surface area contributed by atoms with Gasteiger partial charge in [0.15, 0.2) is 0 Å². The van der Waals surface area contributed by atoms with Crippen LogP contribution in [-0.4, -0.2) is 17.0 Å². The summed E-state index contributed by atoms with van der Waals surface area (Å²) in [5.74, 6) is -1.87. The number of fused-ring (bicyclic) bond motifs is 1. The van der Waals surface area contributed by atoms with Gasteiger partial charge in [-0.05, 0) is 60.7 Å².